The Morgan fingerprint density at radius 2 is 2.17 bits per heavy atom. The first-order chi connectivity index (χ1) is 8.63. The van der Waals surface area contributed by atoms with E-state index >= 15 is 0 Å². The van der Waals surface area contributed by atoms with Gasteiger partial charge in [-0.25, -0.2) is 0 Å². The van der Waals surface area contributed by atoms with Gasteiger partial charge in [-0.15, -0.1) is 0 Å². The van der Waals surface area contributed by atoms with Gasteiger partial charge in [0.1, 0.15) is 0 Å². The van der Waals surface area contributed by atoms with Gasteiger partial charge in [-0.1, -0.05) is 18.2 Å². The topological polar surface area (TPSA) is 68.1 Å². The molecular formula is C14H18N2O2. The summed E-state index contributed by atoms with van der Waals surface area (Å²) in [5, 5.41) is 1.08. The number of H-pyrrole nitrogens is 1. The molecule has 0 spiro atoms. The number of fused-ring (bicyclic) bond motifs is 1. The van der Waals surface area contributed by atoms with Crippen LogP contribution in [0.15, 0.2) is 24.3 Å². The number of para-hydroxylation sites is 1. The maximum Gasteiger partial charge on any atom is 0.307 e. The summed E-state index contributed by atoms with van der Waals surface area (Å²) in [5.41, 5.74) is 9.17. The van der Waals surface area contributed by atoms with Crippen LogP contribution in [0.2, 0.25) is 0 Å². The van der Waals surface area contributed by atoms with Gasteiger partial charge in [0.05, 0.1) is 13.0 Å². The van der Waals surface area contributed by atoms with Crippen molar-refractivity contribution >= 4 is 16.9 Å². The van der Waals surface area contributed by atoms with E-state index in [9.17, 15) is 4.79 Å². The Morgan fingerprint density at radius 1 is 1.44 bits per heavy atom. The molecule has 1 aromatic carbocycles. The number of hydrogen-bond acceptors (Lipinski definition) is 3. The quantitative estimate of drug-likeness (QED) is 0.814. The van der Waals surface area contributed by atoms with Gasteiger partial charge >= 0.3 is 5.97 Å². The minimum absolute atomic E-state index is 0.205. The Balaban J connectivity index is 2.29. The molecule has 0 aliphatic carbocycles. The predicted octanol–water partition coefficient (Wildman–Crippen LogP) is 2.43. The molecule has 0 aliphatic rings. The zero-order valence-electron chi connectivity index (χ0n) is 10.7. The summed E-state index contributed by atoms with van der Waals surface area (Å²) in [4.78, 5) is 14.8. The zero-order valence-corrected chi connectivity index (χ0v) is 10.7. The third kappa shape index (κ3) is 2.38. The summed E-state index contributed by atoms with van der Waals surface area (Å²) in [6.45, 7) is 4.15. The lowest BCUT2D eigenvalue weighted by Gasteiger charge is -2.11. The van der Waals surface area contributed by atoms with Gasteiger partial charge in [-0.05, 0) is 25.5 Å². The predicted molar refractivity (Wildman–Crippen MR) is 71.2 cm³/mol. The van der Waals surface area contributed by atoms with Crippen LogP contribution in [-0.4, -0.2) is 17.6 Å². The summed E-state index contributed by atoms with van der Waals surface area (Å²) >= 11 is 0. The van der Waals surface area contributed by atoms with E-state index in [1.165, 1.54) is 0 Å². The Labute approximate surface area is 106 Å². The lowest BCUT2D eigenvalue weighted by atomic mass is 10.0. The summed E-state index contributed by atoms with van der Waals surface area (Å²) < 4.78 is 4.93. The highest BCUT2D eigenvalue weighted by molar-refractivity contribution is 5.85. The van der Waals surface area contributed by atoms with Crippen LogP contribution in [0, 0.1) is 6.92 Å². The second-order valence-electron chi connectivity index (χ2n) is 4.32. The molecule has 96 valence electrons. The van der Waals surface area contributed by atoms with Gasteiger partial charge in [0.2, 0.25) is 0 Å². The molecule has 4 nitrogen and oxygen atoms in total. The van der Waals surface area contributed by atoms with E-state index in [2.05, 4.69) is 4.98 Å². The highest BCUT2D eigenvalue weighted by atomic mass is 16.5. The number of nitrogens with two attached hydrogens (primary N) is 1. The Kier molecular flexibility index (Phi) is 3.67. The molecule has 1 atom stereocenters. The molecule has 2 rings (SSSR count). The van der Waals surface area contributed by atoms with Crippen molar-refractivity contribution in [1.82, 2.24) is 4.98 Å². The first kappa shape index (κ1) is 12.6. The van der Waals surface area contributed by atoms with Crippen molar-refractivity contribution in [2.45, 2.75) is 26.3 Å². The van der Waals surface area contributed by atoms with Gasteiger partial charge < -0.3 is 15.5 Å². The highest BCUT2D eigenvalue weighted by Crippen LogP contribution is 2.28. The largest absolute Gasteiger partial charge is 0.466 e. The smallest absolute Gasteiger partial charge is 0.307 e. The Morgan fingerprint density at radius 3 is 2.89 bits per heavy atom. The molecule has 1 heterocycles. The summed E-state index contributed by atoms with van der Waals surface area (Å²) in [6.07, 6.45) is 0.205. The molecule has 0 bridgehead atoms. The average molecular weight is 246 g/mol. The standard InChI is InChI=1S/C14H18N2O2/c1-3-18-13(17)8-11(15)14-9(2)16-12-7-5-4-6-10(12)14/h4-7,11,16H,3,8,15H2,1-2H3/t11-/m1/s1. The molecule has 3 N–H and O–H groups in total. The molecule has 0 saturated heterocycles. The molecule has 0 fully saturated rings. The first-order valence-corrected chi connectivity index (χ1v) is 6.12. The van der Waals surface area contributed by atoms with Crippen LogP contribution in [0.3, 0.4) is 0 Å². The van der Waals surface area contributed by atoms with Crippen molar-refractivity contribution in [3.8, 4) is 0 Å². The van der Waals surface area contributed by atoms with Crippen LogP contribution >= 0.6 is 0 Å². The highest BCUT2D eigenvalue weighted by Gasteiger charge is 2.18. The molecule has 0 saturated carbocycles. The number of rotatable bonds is 4. The molecule has 4 heteroatoms. The number of aryl methyl sites for hydroxylation is 1. The maximum atomic E-state index is 11.5. The number of nitrogens with one attached hydrogen (secondary N) is 1. The minimum Gasteiger partial charge on any atom is -0.466 e. The van der Waals surface area contributed by atoms with Gasteiger partial charge in [0.15, 0.2) is 0 Å². The monoisotopic (exact) mass is 246 g/mol. The lowest BCUT2D eigenvalue weighted by molar-refractivity contribution is -0.143. The van der Waals surface area contributed by atoms with Crippen LogP contribution in [0.4, 0.5) is 0 Å². The summed E-state index contributed by atoms with van der Waals surface area (Å²) in [7, 11) is 0. The third-order valence-electron chi connectivity index (χ3n) is 3.01. The number of carbonyl (C=O) groups excluding carboxylic acids is 1. The summed E-state index contributed by atoms with van der Waals surface area (Å²) in [6, 6.07) is 7.62. The van der Waals surface area contributed by atoms with Gasteiger partial charge in [-0.3, -0.25) is 4.79 Å². The second-order valence-corrected chi connectivity index (χ2v) is 4.32. The van der Waals surface area contributed by atoms with Gasteiger partial charge in [-0.2, -0.15) is 0 Å². The molecule has 0 radical (unpaired) electrons. The van der Waals surface area contributed by atoms with Crippen LogP contribution in [0.25, 0.3) is 10.9 Å². The number of aromatic amines is 1. The maximum absolute atomic E-state index is 11.5. The van der Waals surface area contributed by atoms with E-state index in [-0.39, 0.29) is 18.4 Å². The number of ether oxygens (including phenoxy) is 1. The van der Waals surface area contributed by atoms with Crippen molar-refractivity contribution in [3.05, 3.63) is 35.5 Å². The molecule has 0 unspecified atom stereocenters. The number of esters is 1. The summed E-state index contributed by atoms with van der Waals surface area (Å²) in [5.74, 6) is -0.255. The van der Waals surface area contributed by atoms with E-state index in [1.807, 2.05) is 31.2 Å². The minimum atomic E-state index is -0.333. The van der Waals surface area contributed by atoms with E-state index in [1.54, 1.807) is 6.92 Å². The zero-order chi connectivity index (χ0) is 13.1. The number of carbonyl (C=O) groups is 1. The van der Waals surface area contributed by atoms with Crippen LogP contribution < -0.4 is 5.73 Å². The normalized spacial score (nSPS) is 12.6. The number of aromatic nitrogens is 1. The molecule has 1 aromatic heterocycles. The molecule has 0 amide bonds. The fourth-order valence-electron chi connectivity index (χ4n) is 2.28. The molecular weight excluding hydrogens is 228 g/mol. The van der Waals surface area contributed by atoms with Crippen molar-refractivity contribution in [2.24, 2.45) is 5.73 Å². The molecule has 2 aromatic rings. The number of benzene rings is 1. The van der Waals surface area contributed by atoms with Crippen LogP contribution in [0.1, 0.15) is 30.6 Å². The Hall–Kier alpha value is -1.81. The molecule has 18 heavy (non-hydrogen) atoms. The van der Waals surface area contributed by atoms with Crippen LogP contribution in [0.5, 0.6) is 0 Å². The van der Waals surface area contributed by atoms with E-state index < -0.39 is 0 Å². The van der Waals surface area contributed by atoms with E-state index in [0.717, 1.165) is 22.2 Å². The van der Waals surface area contributed by atoms with E-state index in [0.29, 0.717) is 6.61 Å². The van der Waals surface area contributed by atoms with Gasteiger partial charge in [0, 0.05) is 22.6 Å². The Bertz CT molecular complexity index is 560. The second kappa shape index (κ2) is 5.23. The molecule has 0 aliphatic heterocycles. The third-order valence-corrected chi connectivity index (χ3v) is 3.01. The lowest BCUT2D eigenvalue weighted by Crippen LogP contribution is -2.17. The fraction of sp³-hybridized carbons (Fsp3) is 0.357. The van der Waals surface area contributed by atoms with Crippen molar-refractivity contribution < 1.29 is 9.53 Å². The number of hydrogen-bond donors (Lipinski definition) is 2. The average Bonchev–Trinajstić information content (AvgIpc) is 2.64. The van der Waals surface area contributed by atoms with Gasteiger partial charge in [0.25, 0.3) is 0 Å². The van der Waals surface area contributed by atoms with Crippen molar-refractivity contribution in [3.63, 3.8) is 0 Å². The van der Waals surface area contributed by atoms with Crippen molar-refractivity contribution in [2.75, 3.05) is 6.61 Å². The fourth-order valence-corrected chi connectivity index (χ4v) is 2.28. The first-order valence-electron chi connectivity index (χ1n) is 6.12. The van der Waals surface area contributed by atoms with Crippen LogP contribution in [-0.2, 0) is 9.53 Å². The van der Waals surface area contributed by atoms with Crippen molar-refractivity contribution in [1.29, 1.82) is 0 Å². The SMILES string of the molecule is CCOC(=O)C[C@@H](N)c1c(C)[nH]c2ccccc12. The van der Waals surface area contributed by atoms with E-state index in [4.69, 9.17) is 10.5 Å².